The molecule has 0 aliphatic heterocycles. The van der Waals surface area contributed by atoms with E-state index in [1.165, 1.54) is 12.1 Å². The molecule has 0 fully saturated rings. The third kappa shape index (κ3) is 4.91. The van der Waals surface area contributed by atoms with Gasteiger partial charge < -0.3 is 9.97 Å². The molecule has 2 N–H and O–H groups in total. The number of nitrogens with zero attached hydrogens (tertiary/aromatic N) is 1. The Hall–Kier alpha value is -3.68. The summed E-state index contributed by atoms with van der Waals surface area (Å²) >= 11 is 0. The lowest BCUT2D eigenvalue weighted by molar-refractivity contribution is -0.137. The Morgan fingerprint density at radius 1 is 0.935 bits per heavy atom. The van der Waals surface area contributed by atoms with E-state index < -0.39 is 11.7 Å². The lowest BCUT2D eigenvalue weighted by Crippen LogP contribution is -2.09. The molecule has 5 nitrogen and oxygen atoms in total. The number of imidazole rings is 1. The summed E-state index contributed by atoms with van der Waals surface area (Å²) in [6, 6.07) is 13.9. The molecule has 0 spiro atoms. The summed E-state index contributed by atoms with van der Waals surface area (Å²) < 4.78 is 38.5. The van der Waals surface area contributed by atoms with E-state index in [1.54, 1.807) is 12.3 Å². The highest BCUT2D eigenvalue weighted by molar-refractivity contribution is 5.83. The Labute approximate surface area is 175 Å². The van der Waals surface area contributed by atoms with E-state index in [9.17, 15) is 22.8 Å². The second-order valence-electron chi connectivity index (χ2n) is 7.34. The van der Waals surface area contributed by atoms with Crippen LogP contribution < -0.4 is 5.56 Å². The van der Waals surface area contributed by atoms with E-state index in [0.29, 0.717) is 28.8 Å². The highest BCUT2D eigenvalue weighted by Crippen LogP contribution is 2.29. The largest absolute Gasteiger partial charge is 0.416 e. The zero-order valence-corrected chi connectivity index (χ0v) is 16.3. The summed E-state index contributed by atoms with van der Waals surface area (Å²) in [6.07, 6.45) is -2.30. The first-order chi connectivity index (χ1) is 14.8. The van der Waals surface area contributed by atoms with Crippen molar-refractivity contribution in [3.05, 3.63) is 99.2 Å². The normalized spacial score (nSPS) is 11.7. The maximum Gasteiger partial charge on any atom is 0.416 e. The van der Waals surface area contributed by atoms with Crippen LogP contribution >= 0.6 is 0 Å². The monoisotopic (exact) mass is 425 g/mol. The van der Waals surface area contributed by atoms with Crippen molar-refractivity contribution in [3.63, 3.8) is 0 Å². The van der Waals surface area contributed by atoms with Crippen molar-refractivity contribution in [1.82, 2.24) is 15.0 Å². The molecule has 4 aromatic rings. The van der Waals surface area contributed by atoms with E-state index in [2.05, 4.69) is 15.0 Å². The lowest BCUT2D eigenvalue weighted by atomic mass is 10.00. The van der Waals surface area contributed by atoms with Gasteiger partial charge in [0.2, 0.25) is 0 Å². The Kier molecular flexibility index (Phi) is 5.46. The first-order valence-corrected chi connectivity index (χ1v) is 9.60. The SMILES string of the molecule is O=C(Cc1ccc(Cc2nc3c(=O)[nH]ccc3[nH]2)cc1)Cc1cccc(C(F)(F)F)c1. The number of pyridine rings is 1. The molecule has 0 amide bonds. The molecule has 0 unspecified atom stereocenters. The molecule has 4 rings (SSSR count). The number of nitrogens with one attached hydrogen (secondary N) is 2. The van der Waals surface area contributed by atoms with Crippen molar-refractivity contribution in [2.45, 2.75) is 25.4 Å². The summed E-state index contributed by atoms with van der Waals surface area (Å²) in [4.78, 5) is 34.1. The van der Waals surface area contributed by atoms with Crippen LogP contribution in [0.1, 0.15) is 28.1 Å². The van der Waals surface area contributed by atoms with Gasteiger partial charge >= 0.3 is 6.18 Å². The van der Waals surface area contributed by atoms with Crippen LogP contribution in [-0.2, 0) is 30.2 Å². The highest BCUT2D eigenvalue weighted by Gasteiger charge is 2.30. The van der Waals surface area contributed by atoms with Gasteiger partial charge in [-0.05, 0) is 28.8 Å². The number of H-pyrrole nitrogens is 2. The molecule has 2 aromatic carbocycles. The molecule has 8 heteroatoms. The quantitative estimate of drug-likeness (QED) is 0.486. The van der Waals surface area contributed by atoms with Crippen molar-refractivity contribution < 1.29 is 18.0 Å². The highest BCUT2D eigenvalue weighted by atomic mass is 19.4. The maximum atomic E-state index is 12.8. The van der Waals surface area contributed by atoms with Gasteiger partial charge in [-0.15, -0.1) is 0 Å². The van der Waals surface area contributed by atoms with Crippen molar-refractivity contribution in [2.75, 3.05) is 0 Å². The third-order valence-electron chi connectivity index (χ3n) is 4.91. The summed E-state index contributed by atoms with van der Waals surface area (Å²) in [5.74, 6) is 0.489. The third-order valence-corrected chi connectivity index (χ3v) is 4.91. The molecular formula is C23H18F3N3O2. The molecule has 0 saturated carbocycles. The molecule has 2 heterocycles. The fourth-order valence-corrected chi connectivity index (χ4v) is 3.43. The van der Waals surface area contributed by atoms with Crippen molar-refractivity contribution in [3.8, 4) is 0 Å². The summed E-state index contributed by atoms with van der Waals surface area (Å²) in [5.41, 5.74) is 2.08. The topological polar surface area (TPSA) is 78.6 Å². The number of ketones is 1. The number of halogens is 3. The van der Waals surface area contributed by atoms with Gasteiger partial charge in [0.15, 0.2) is 5.52 Å². The number of rotatable bonds is 6. The van der Waals surface area contributed by atoms with Crippen LogP contribution in [-0.4, -0.2) is 20.7 Å². The first kappa shape index (κ1) is 20.6. The number of hydrogen-bond donors (Lipinski definition) is 2. The average Bonchev–Trinajstić information content (AvgIpc) is 3.13. The number of fused-ring (bicyclic) bond motifs is 1. The molecule has 31 heavy (non-hydrogen) atoms. The van der Waals surface area contributed by atoms with E-state index in [0.717, 1.165) is 23.3 Å². The summed E-state index contributed by atoms with van der Waals surface area (Å²) in [5, 5.41) is 0. The number of carbonyl (C=O) groups is 1. The summed E-state index contributed by atoms with van der Waals surface area (Å²) in [7, 11) is 0. The van der Waals surface area contributed by atoms with Crippen molar-refractivity contribution >= 4 is 16.8 Å². The first-order valence-electron chi connectivity index (χ1n) is 9.60. The average molecular weight is 425 g/mol. The Balaban J connectivity index is 1.39. The number of Topliss-reactive ketones (excluding diaryl/α,β-unsaturated/α-hetero) is 1. The zero-order chi connectivity index (χ0) is 22.0. The van der Waals surface area contributed by atoms with Crippen LogP contribution in [0.2, 0.25) is 0 Å². The van der Waals surface area contributed by atoms with Gasteiger partial charge in [0, 0.05) is 25.5 Å². The fourth-order valence-electron chi connectivity index (χ4n) is 3.43. The molecular weight excluding hydrogens is 407 g/mol. The van der Waals surface area contributed by atoms with Gasteiger partial charge in [0.1, 0.15) is 11.6 Å². The Bertz CT molecular complexity index is 1290. The van der Waals surface area contributed by atoms with Gasteiger partial charge in [-0.2, -0.15) is 13.2 Å². The molecule has 0 aliphatic rings. The van der Waals surface area contributed by atoms with E-state index in [4.69, 9.17) is 0 Å². The summed E-state index contributed by atoms with van der Waals surface area (Å²) in [6.45, 7) is 0. The van der Waals surface area contributed by atoms with E-state index in [-0.39, 0.29) is 24.2 Å². The number of benzene rings is 2. The van der Waals surface area contributed by atoms with E-state index >= 15 is 0 Å². The lowest BCUT2D eigenvalue weighted by Gasteiger charge is -2.08. The van der Waals surface area contributed by atoms with Crippen LogP contribution in [0.15, 0.2) is 65.6 Å². The predicted molar refractivity (Wildman–Crippen MR) is 110 cm³/mol. The van der Waals surface area contributed by atoms with Crippen LogP contribution in [0.4, 0.5) is 13.2 Å². The minimum atomic E-state index is -4.43. The number of aromatic nitrogens is 3. The van der Waals surface area contributed by atoms with Crippen molar-refractivity contribution in [2.24, 2.45) is 0 Å². The van der Waals surface area contributed by atoms with Gasteiger partial charge in [-0.25, -0.2) is 4.98 Å². The van der Waals surface area contributed by atoms with Gasteiger partial charge in [-0.1, -0.05) is 42.5 Å². The molecule has 0 atom stereocenters. The van der Waals surface area contributed by atoms with Crippen LogP contribution in [0.25, 0.3) is 11.0 Å². The maximum absolute atomic E-state index is 12.8. The second-order valence-corrected chi connectivity index (χ2v) is 7.34. The number of carbonyl (C=O) groups excluding carboxylic acids is 1. The van der Waals surface area contributed by atoms with Gasteiger partial charge in [0.05, 0.1) is 11.1 Å². The predicted octanol–water partition coefficient (Wildman–Crippen LogP) is 4.22. The molecule has 0 saturated heterocycles. The van der Waals surface area contributed by atoms with Crippen LogP contribution in [0.3, 0.4) is 0 Å². The fraction of sp³-hybridized carbons (Fsp3) is 0.174. The van der Waals surface area contributed by atoms with Gasteiger partial charge in [-0.3, -0.25) is 9.59 Å². The minimum absolute atomic E-state index is 0.0563. The molecule has 0 aliphatic carbocycles. The second kappa shape index (κ2) is 8.22. The van der Waals surface area contributed by atoms with Gasteiger partial charge in [0.25, 0.3) is 5.56 Å². The molecule has 2 aromatic heterocycles. The minimum Gasteiger partial charge on any atom is -0.341 e. The smallest absolute Gasteiger partial charge is 0.341 e. The van der Waals surface area contributed by atoms with Crippen LogP contribution in [0, 0.1) is 0 Å². The van der Waals surface area contributed by atoms with Crippen molar-refractivity contribution in [1.29, 1.82) is 0 Å². The molecule has 0 bridgehead atoms. The zero-order valence-electron chi connectivity index (χ0n) is 16.3. The number of alkyl halides is 3. The Morgan fingerprint density at radius 2 is 1.65 bits per heavy atom. The molecule has 158 valence electrons. The standard InChI is InChI=1S/C23H18F3N3O2/c24-23(25,26)17-3-1-2-16(10-17)12-18(30)11-14-4-6-15(7-5-14)13-20-28-19-8-9-27-22(31)21(19)29-20/h1-10H,11-13H2,(H,27,31)(H,28,29). The Morgan fingerprint density at radius 3 is 2.35 bits per heavy atom. The van der Waals surface area contributed by atoms with Crippen LogP contribution in [0.5, 0.6) is 0 Å². The number of hydrogen-bond acceptors (Lipinski definition) is 3. The molecule has 0 radical (unpaired) electrons. The van der Waals surface area contributed by atoms with E-state index in [1.807, 2.05) is 24.3 Å². The number of aromatic amines is 2.